The zero-order chi connectivity index (χ0) is 27.0. The van der Waals surface area contributed by atoms with Crippen LogP contribution in [-0.2, 0) is 11.3 Å². The van der Waals surface area contributed by atoms with Crippen molar-refractivity contribution < 1.29 is 14.2 Å². The minimum atomic E-state index is -0.376. The Morgan fingerprint density at radius 2 is 1.23 bits per heavy atom. The molecule has 1 N–H and O–H groups in total. The second kappa shape index (κ2) is 12.3. The molecule has 0 bridgehead atoms. The summed E-state index contributed by atoms with van der Waals surface area (Å²) in [4.78, 5) is 5.18. The predicted octanol–water partition coefficient (Wildman–Crippen LogP) is 7.78. The van der Waals surface area contributed by atoms with Gasteiger partial charge in [0.25, 0.3) is 0 Å². The van der Waals surface area contributed by atoms with Gasteiger partial charge in [-0.2, -0.15) is 0 Å². The van der Waals surface area contributed by atoms with Gasteiger partial charge in [0, 0.05) is 19.2 Å². The molecule has 1 aromatic heterocycles. The number of methoxy groups -OCH3 is 3. The van der Waals surface area contributed by atoms with Gasteiger partial charge in [-0.05, 0) is 58.1 Å². The number of ether oxygens (including phenoxy) is 3. The maximum atomic E-state index is 6.14. The highest BCUT2D eigenvalue weighted by Crippen LogP contribution is 2.42. The quantitative estimate of drug-likeness (QED) is 0.205. The molecule has 0 radical (unpaired) electrons. The van der Waals surface area contributed by atoms with Crippen molar-refractivity contribution in [3.05, 3.63) is 132 Å². The molecule has 1 heterocycles. The average molecular weight is 517 g/mol. The minimum Gasteiger partial charge on any atom is -0.497 e. The van der Waals surface area contributed by atoms with Crippen LogP contribution >= 0.6 is 0 Å². The number of hydrogen-bond donors (Lipinski definition) is 1. The van der Waals surface area contributed by atoms with Crippen LogP contribution in [0.4, 0.5) is 5.82 Å². The molecule has 196 valence electrons. The van der Waals surface area contributed by atoms with Crippen molar-refractivity contribution in [2.24, 2.45) is 0 Å². The summed E-state index contributed by atoms with van der Waals surface area (Å²) in [6.45, 7) is 0.653. The Hall–Kier alpha value is -4.61. The van der Waals surface area contributed by atoms with E-state index in [1.807, 2.05) is 60.7 Å². The van der Waals surface area contributed by atoms with Gasteiger partial charge in [-0.15, -0.1) is 0 Å². The van der Waals surface area contributed by atoms with Crippen LogP contribution in [0.25, 0.3) is 22.3 Å². The van der Waals surface area contributed by atoms with E-state index < -0.39 is 0 Å². The summed E-state index contributed by atoms with van der Waals surface area (Å²) in [5.41, 5.74) is 7.16. The van der Waals surface area contributed by atoms with Gasteiger partial charge in [0.2, 0.25) is 0 Å². The van der Waals surface area contributed by atoms with E-state index in [1.54, 1.807) is 21.3 Å². The number of nitrogens with one attached hydrogen (secondary N) is 1. The number of nitrogens with zero attached hydrogens (tertiary/aromatic N) is 1. The molecule has 39 heavy (non-hydrogen) atoms. The number of hydrogen-bond acceptors (Lipinski definition) is 5. The van der Waals surface area contributed by atoms with Gasteiger partial charge in [0.05, 0.1) is 19.9 Å². The van der Waals surface area contributed by atoms with Crippen molar-refractivity contribution in [1.82, 2.24) is 4.98 Å². The van der Waals surface area contributed by atoms with Crippen molar-refractivity contribution in [2.75, 3.05) is 26.6 Å². The van der Waals surface area contributed by atoms with Crippen LogP contribution in [0.1, 0.15) is 22.9 Å². The van der Waals surface area contributed by atoms with Gasteiger partial charge in [-0.25, -0.2) is 4.98 Å². The smallest absolute Gasteiger partial charge is 0.127 e. The Morgan fingerprint density at radius 3 is 1.79 bits per heavy atom. The van der Waals surface area contributed by atoms with Crippen molar-refractivity contribution >= 4 is 5.82 Å². The lowest BCUT2D eigenvalue weighted by atomic mass is 9.90. The molecule has 4 aromatic carbocycles. The molecule has 5 heteroatoms. The van der Waals surface area contributed by atoms with Crippen LogP contribution in [0.2, 0.25) is 0 Å². The zero-order valence-electron chi connectivity index (χ0n) is 22.4. The third kappa shape index (κ3) is 5.95. The maximum Gasteiger partial charge on any atom is 0.127 e. The summed E-state index contributed by atoms with van der Waals surface area (Å²) in [5.74, 6) is 2.38. The Labute approximate surface area is 230 Å². The van der Waals surface area contributed by atoms with Gasteiger partial charge in [0.15, 0.2) is 0 Å². The van der Waals surface area contributed by atoms with E-state index in [-0.39, 0.29) is 6.10 Å². The highest BCUT2D eigenvalue weighted by Gasteiger charge is 2.24. The van der Waals surface area contributed by atoms with Gasteiger partial charge in [-0.1, -0.05) is 84.9 Å². The fourth-order valence-corrected chi connectivity index (χ4v) is 4.73. The topological polar surface area (TPSA) is 52.6 Å². The predicted molar refractivity (Wildman–Crippen MR) is 157 cm³/mol. The summed E-state index contributed by atoms with van der Waals surface area (Å²) in [5, 5.41) is 3.55. The van der Waals surface area contributed by atoms with Crippen LogP contribution in [0.15, 0.2) is 115 Å². The van der Waals surface area contributed by atoms with Crippen LogP contribution in [0.3, 0.4) is 0 Å². The molecule has 1 unspecified atom stereocenters. The average Bonchev–Trinajstić information content (AvgIpc) is 3.01. The molecule has 5 aromatic rings. The zero-order valence-corrected chi connectivity index (χ0v) is 22.4. The van der Waals surface area contributed by atoms with Crippen LogP contribution in [0.5, 0.6) is 11.5 Å². The summed E-state index contributed by atoms with van der Waals surface area (Å²) >= 11 is 0. The molecule has 0 saturated heterocycles. The van der Waals surface area contributed by atoms with Gasteiger partial charge < -0.3 is 19.5 Å². The van der Waals surface area contributed by atoms with Crippen molar-refractivity contribution in [1.29, 1.82) is 0 Å². The molecule has 1 atom stereocenters. The van der Waals surface area contributed by atoms with E-state index in [0.29, 0.717) is 6.54 Å². The lowest BCUT2D eigenvalue weighted by Gasteiger charge is -2.23. The van der Waals surface area contributed by atoms with E-state index in [9.17, 15) is 0 Å². The Balaban J connectivity index is 1.72. The largest absolute Gasteiger partial charge is 0.497 e. The first-order valence-corrected chi connectivity index (χ1v) is 12.9. The molecule has 0 amide bonds. The summed E-state index contributed by atoms with van der Waals surface area (Å²) in [6, 6.07) is 38.9. The molecule has 0 aliphatic rings. The highest BCUT2D eigenvalue weighted by atomic mass is 16.5. The SMILES string of the molecule is COc1ccc(-c2cc(NCc3ccccc3)nc(C(OC)c3ccccc3)c2-c2ccc(OC)cc2)cc1. The highest BCUT2D eigenvalue weighted by molar-refractivity contribution is 5.87. The van der Waals surface area contributed by atoms with Gasteiger partial charge >= 0.3 is 0 Å². The van der Waals surface area contributed by atoms with Gasteiger partial charge in [0.1, 0.15) is 23.4 Å². The lowest BCUT2D eigenvalue weighted by Crippen LogP contribution is -2.11. The van der Waals surface area contributed by atoms with E-state index in [2.05, 4.69) is 59.9 Å². The maximum absolute atomic E-state index is 6.14. The molecule has 5 rings (SSSR count). The van der Waals surface area contributed by atoms with E-state index >= 15 is 0 Å². The minimum absolute atomic E-state index is 0.376. The first-order valence-electron chi connectivity index (χ1n) is 12.9. The third-order valence-corrected chi connectivity index (χ3v) is 6.73. The summed E-state index contributed by atoms with van der Waals surface area (Å²) in [7, 11) is 5.08. The van der Waals surface area contributed by atoms with E-state index in [4.69, 9.17) is 19.2 Å². The molecule has 0 spiro atoms. The fourth-order valence-electron chi connectivity index (χ4n) is 4.73. The van der Waals surface area contributed by atoms with E-state index in [1.165, 1.54) is 5.56 Å². The number of anilines is 1. The normalized spacial score (nSPS) is 11.6. The first kappa shape index (κ1) is 26.0. The fraction of sp³-hybridized carbons (Fsp3) is 0.147. The molecular formula is C34H32N2O3. The summed E-state index contributed by atoms with van der Waals surface area (Å²) < 4.78 is 17.0. The second-order valence-corrected chi connectivity index (χ2v) is 9.14. The molecule has 0 aliphatic carbocycles. The third-order valence-electron chi connectivity index (χ3n) is 6.73. The van der Waals surface area contributed by atoms with E-state index in [0.717, 1.165) is 50.8 Å². The Kier molecular flexibility index (Phi) is 8.20. The molecular weight excluding hydrogens is 484 g/mol. The molecule has 0 saturated carbocycles. The van der Waals surface area contributed by atoms with Crippen molar-refractivity contribution in [2.45, 2.75) is 12.6 Å². The lowest BCUT2D eigenvalue weighted by molar-refractivity contribution is 0.133. The molecule has 0 fully saturated rings. The summed E-state index contributed by atoms with van der Waals surface area (Å²) in [6.07, 6.45) is -0.376. The molecule has 5 nitrogen and oxygen atoms in total. The Morgan fingerprint density at radius 1 is 0.667 bits per heavy atom. The monoisotopic (exact) mass is 516 g/mol. The van der Waals surface area contributed by atoms with Crippen LogP contribution < -0.4 is 14.8 Å². The number of pyridine rings is 1. The number of rotatable bonds is 10. The molecule has 0 aliphatic heterocycles. The van der Waals surface area contributed by atoms with Crippen molar-refractivity contribution in [3.63, 3.8) is 0 Å². The standard InChI is InChI=1S/C34H32N2O3/c1-37-28-18-14-25(15-19-28)30-22-31(35-23-24-10-6-4-7-11-24)36-33(34(39-3)27-12-8-5-9-13-27)32(30)26-16-20-29(38-2)21-17-26/h4-22,34H,23H2,1-3H3,(H,35,36). The number of benzene rings is 4. The van der Waals surface area contributed by atoms with Gasteiger partial charge in [-0.3, -0.25) is 0 Å². The first-order chi connectivity index (χ1) is 19.2. The van der Waals surface area contributed by atoms with Crippen LogP contribution in [-0.4, -0.2) is 26.3 Å². The van der Waals surface area contributed by atoms with Crippen molar-refractivity contribution in [3.8, 4) is 33.8 Å². The van der Waals surface area contributed by atoms with Crippen LogP contribution in [0, 0.1) is 0 Å². The second-order valence-electron chi connectivity index (χ2n) is 9.14. The number of aromatic nitrogens is 1. The Bertz CT molecular complexity index is 1490.